The molecule has 15 heavy (non-hydrogen) atoms. The van der Waals surface area contributed by atoms with E-state index >= 15 is 0 Å². The fourth-order valence-corrected chi connectivity index (χ4v) is 3.11. The molecule has 0 aromatic heterocycles. The standard InChI is InChI=1S/C8H10N4O2S/c1-11-5-4(6(13)10-7(11)14)12-2-3-15-8(12)9-5/h4-5H,2-3H2,1H3,(H,10,13,14). The van der Waals surface area contributed by atoms with Crippen molar-refractivity contribution < 1.29 is 9.59 Å². The van der Waals surface area contributed by atoms with Crippen LogP contribution in [0.2, 0.25) is 0 Å². The number of hydrogen-bond acceptors (Lipinski definition) is 5. The Balaban J connectivity index is 1.98. The third kappa shape index (κ3) is 1.09. The van der Waals surface area contributed by atoms with E-state index in [1.54, 1.807) is 18.8 Å². The Kier molecular flexibility index (Phi) is 1.73. The third-order valence-electron chi connectivity index (χ3n) is 2.89. The van der Waals surface area contributed by atoms with Gasteiger partial charge in [-0.3, -0.25) is 10.1 Å². The van der Waals surface area contributed by atoms with Crippen molar-refractivity contribution in [2.24, 2.45) is 4.99 Å². The molecular formula is C8H10N4O2S. The number of hydrogen-bond donors (Lipinski definition) is 1. The molecule has 2 atom stereocenters. The maximum atomic E-state index is 11.7. The van der Waals surface area contributed by atoms with Gasteiger partial charge in [0.1, 0.15) is 0 Å². The van der Waals surface area contributed by atoms with E-state index in [2.05, 4.69) is 10.3 Å². The first-order valence-electron chi connectivity index (χ1n) is 4.73. The van der Waals surface area contributed by atoms with Gasteiger partial charge in [0, 0.05) is 19.3 Å². The van der Waals surface area contributed by atoms with E-state index < -0.39 is 0 Å². The lowest BCUT2D eigenvalue weighted by Crippen LogP contribution is -2.63. The fraction of sp³-hybridized carbons (Fsp3) is 0.625. The normalized spacial score (nSPS) is 33.8. The SMILES string of the molecule is CN1C(=O)NC(=O)C2C1N=C1SCCN12. The van der Waals surface area contributed by atoms with Crippen LogP contribution >= 0.6 is 11.8 Å². The van der Waals surface area contributed by atoms with E-state index in [4.69, 9.17) is 0 Å². The predicted molar refractivity (Wildman–Crippen MR) is 55.5 cm³/mol. The highest BCUT2D eigenvalue weighted by molar-refractivity contribution is 8.14. The Morgan fingerprint density at radius 1 is 1.53 bits per heavy atom. The first-order valence-corrected chi connectivity index (χ1v) is 5.72. The summed E-state index contributed by atoms with van der Waals surface area (Å²) in [5.74, 6) is 0.733. The van der Waals surface area contributed by atoms with E-state index in [0.29, 0.717) is 0 Å². The summed E-state index contributed by atoms with van der Waals surface area (Å²) in [5.41, 5.74) is 0. The monoisotopic (exact) mass is 226 g/mol. The van der Waals surface area contributed by atoms with Gasteiger partial charge in [-0.25, -0.2) is 9.79 Å². The summed E-state index contributed by atoms with van der Waals surface area (Å²) in [6.07, 6.45) is -0.339. The average Bonchev–Trinajstić information content (AvgIpc) is 2.72. The van der Waals surface area contributed by atoms with Crippen molar-refractivity contribution >= 4 is 28.9 Å². The molecule has 6 nitrogen and oxygen atoms in total. The topological polar surface area (TPSA) is 65.0 Å². The number of aliphatic imine (C=N–C) groups is 1. The number of fused-ring (bicyclic) bond motifs is 3. The minimum Gasteiger partial charge on any atom is -0.335 e. The van der Waals surface area contributed by atoms with Crippen molar-refractivity contribution in [3.05, 3.63) is 0 Å². The molecule has 0 aromatic carbocycles. The number of rotatable bonds is 0. The molecule has 0 aliphatic carbocycles. The summed E-state index contributed by atoms with van der Waals surface area (Å²) in [5, 5.41) is 3.23. The number of urea groups is 1. The van der Waals surface area contributed by atoms with Crippen LogP contribution in [0.4, 0.5) is 4.79 Å². The van der Waals surface area contributed by atoms with Gasteiger partial charge in [-0.2, -0.15) is 0 Å². The number of likely N-dealkylation sites (N-methyl/N-ethyl adjacent to an activating group) is 1. The summed E-state index contributed by atoms with van der Waals surface area (Å²) in [4.78, 5) is 30.9. The highest BCUT2D eigenvalue weighted by Crippen LogP contribution is 2.32. The van der Waals surface area contributed by atoms with E-state index in [1.807, 2.05) is 4.90 Å². The number of carbonyl (C=O) groups is 2. The van der Waals surface area contributed by atoms with Crippen LogP contribution in [0.3, 0.4) is 0 Å². The first-order chi connectivity index (χ1) is 7.18. The number of amidine groups is 1. The van der Waals surface area contributed by atoms with Crippen LogP contribution < -0.4 is 5.32 Å². The highest BCUT2D eigenvalue weighted by Gasteiger charge is 2.49. The van der Waals surface area contributed by atoms with Gasteiger partial charge in [0.05, 0.1) is 0 Å². The highest BCUT2D eigenvalue weighted by atomic mass is 32.2. The molecule has 2 saturated heterocycles. The third-order valence-corrected chi connectivity index (χ3v) is 3.87. The van der Waals surface area contributed by atoms with Crippen molar-refractivity contribution in [2.75, 3.05) is 19.3 Å². The van der Waals surface area contributed by atoms with Gasteiger partial charge in [0.25, 0.3) is 5.91 Å². The minimum absolute atomic E-state index is 0.232. The van der Waals surface area contributed by atoms with Gasteiger partial charge in [0.2, 0.25) is 0 Å². The van der Waals surface area contributed by atoms with Crippen molar-refractivity contribution in [2.45, 2.75) is 12.2 Å². The predicted octanol–water partition coefficient (Wildman–Crippen LogP) is -0.719. The smallest absolute Gasteiger partial charge is 0.325 e. The molecular weight excluding hydrogens is 216 g/mol. The summed E-state index contributed by atoms with van der Waals surface area (Å²) in [7, 11) is 1.66. The maximum absolute atomic E-state index is 11.7. The van der Waals surface area contributed by atoms with Gasteiger partial charge in [-0.05, 0) is 0 Å². The summed E-state index contributed by atoms with van der Waals surface area (Å²) in [6, 6.07) is -0.686. The second-order valence-electron chi connectivity index (χ2n) is 3.72. The van der Waals surface area contributed by atoms with Gasteiger partial charge >= 0.3 is 6.03 Å². The zero-order valence-corrected chi connectivity index (χ0v) is 8.95. The number of nitrogens with one attached hydrogen (secondary N) is 1. The van der Waals surface area contributed by atoms with Crippen molar-refractivity contribution in [1.29, 1.82) is 0 Å². The number of carbonyl (C=O) groups excluding carboxylic acids is 2. The fourth-order valence-electron chi connectivity index (χ4n) is 2.09. The van der Waals surface area contributed by atoms with Crippen molar-refractivity contribution in [3.8, 4) is 0 Å². The van der Waals surface area contributed by atoms with Crippen molar-refractivity contribution in [3.63, 3.8) is 0 Å². The largest absolute Gasteiger partial charge is 0.335 e. The van der Waals surface area contributed by atoms with Crippen LogP contribution in [0.15, 0.2) is 4.99 Å². The molecule has 7 heteroatoms. The van der Waals surface area contributed by atoms with Crippen LogP contribution in [0.1, 0.15) is 0 Å². The number of imide groups is 1. The molecule has 0 aromatic rings. The summed E-state index contributed by atoms with van der Waals surface area (Å²) >= 11 is 1.64. The lowest BCUT2D eigenvalue weighted by atomic mass is 10.1. The molecule has 80 valence electrons. The Hall–Kier alpha value is -1.24. The quantitative estimate of drug-likeness (QED) is 0.592. The second kappa shape index (κ2) is 2.88. The van der Waals surface area contributed by atoms with Gasteiger partial charge in [-0.1, -0.05) is 11.8 Å². The molecule has 0 radical (unpaired) electrons. The molecule has 3 aliphatic rings. The van der Waals surface area contributed by atoms with Crippen LogP contribution in [0, 0.1) is 0 Å². The summed E-state index contributed by atoms with van der Waals surface area (Å²) in [6.45, 7) is 0.833. The zero-order chi connectivity index (χ0) is 10.6. The van der Waals surface area contributed by atoms with Gasteiger partial charge in [0.15, 0.2) is 17.4 Å². The summed E-state index contributed by atoms with van der Waals surface area (Å²) < 4.78 is 0. The molecule has 3 rings (SSSR count). The molecule has 0 bridgehead atoms. The van der Waals surface area contributed by atoms with Gasteiger partial charge < -0.3 is 9.80 Å². The van der Waals surface area contributed by atoms with Crippen LogP contribution in [-0.2, 0) is 4.79 Å². The molecule has 1 N–H and O–H groups in total. The van der Waals surface area contributed by atoms with Crippen LogP contribution in [-0.4, -0.2) is 58.5 Å². The molecule has 3 aliphatic heterocycles. The van der Waals surface area contributed by atoms with Gasteiger partial charge in [-0.15, -0.1) is 0 Å². The Morgan fingerprint density at radius 2 is 2.33 bits per heavy atom. The molecule has 2 fully saturated rings. The Morgan fingerprint density at radius 3 is 3.13 bits per heavy atom. The van der Waals surface area contributed by atoms with E-state index in [9.17, 15) is 9.59 Å². The molecule has 3 amide bonds. The van der Waals surface area contributed by atoms with E-state index in [-0.39, 0.29) is 24.1 Å². The molecule has 2 unspecified atom stereocenters. The first kappa shape index (κ1) is 9.02. The molecule has 3 heterocycles. The minimum atomic E-state index is -0.364. The zero-order valence-electron chi connectivity index (χ0n) is 8.14. The Bertz CT molecular complexity index is 383. The van der Waals surface area contributed by atoms with Crippen LogP contribution in [0.5, 0.6) is 0 Å². The van der Waals surface area contributed by atoms with E-state index in [0.717, 1.165) is 17.5 Å². The number of thioether (sulfide) groups is 1. The number of nitrogens with zero attached hydrogens (tertiary/aromatic N) is 3. The lowest BCUT2D eigenvalue weighted by molar-refractivity contribution is -0.126. The van der Waals surface area contributed by atoms with Crippen molar-refractivity contribution in [1.82, 2.24) is 15.1 Å². The molecule has 0 saturated carbocycles. The number of amides is 3. The van der Waals surface area contributed by atoms with Crippen LogP contribution in [0.25, 0.3) is 0 Å². The Labute approximate surface area is 90.7 Å². The lowest BCUT2D eigenvalue weighted by Gasteiger charge is -2.34. The maximum Gasteiger partial charge on any atom is 0.325 e. The van der Waals surface area contributed by atoms with E-state index in [1.165, 1.54) is 4.90 Å². The molecule has 0 spiro atoms. The average molecular weight is 226 g/mol. The second-order valence-corrected chi connectivity index (χ2v) is 4.78.